The molecular formula is C3H9INO2S+. The molecule has 0 N–H and O–H groups in total. The number of rotatable bonds is 1. The third kappa shape index (κ3) is 2.27. The average Bonchev–Trinajstić information content (AvgIpc) is 1.25. The fourth-order valence-electron chi connectivity index (χ4n) is 0. The molecule has 50 valence electrons. The third-order valence-electron chi connectivity index (χ3n) is 0.654. The first-order valence-electron chi connectivity index (χ1n) is 2.01. The van der Waals surface area contributed by atoms with E-state index in [4.69, 9.17) is 0 Å². The molecular weight excluding hydrogens is 241 g/mol. The highest BCUT2D eigenvalue weighted by molar-refractivity contribution is 14.2. The number of nitrogens with zero attached hydrogens (tertiary/aromatic N) is 1. The van der Waals surface area contributed by atoms with Gasteiger partial charge in [0.2, 0.25) is 0 Å². The van der Waals surface area contributed by atoms with Crippen LogP contribution in [0.5, 0.6) is 0 Å². The number of halogens is 1. The lowest BCUT2D eigenvalue weighted by molar-refractivity contribution is -0.735. The lowest BCUT2D eigenvalue weighted by Gasteiger charge is -2.17. The molecule has 3 nitrogen and oxygen atoms in total. The topological polar surface area (TPSA) is 34.1 Å². The summed E-state index contributed by atoms with van der Waals surface area (Å²) >= 11 is 1.43. The molecule has 0 unspecified atom stereocenters. The van der Waals surface area contributed by atoms with Crippen molar-refractivity contribution < 1.29 is 12.3 Å². The van der Waals surface area contributed by atoms with Crippen molar-refractivity contribution in [3.05, 3.63) is 0 Å². The van der Waals surface area contributed by atoms with E-state index in [-0.39, 0.29) is 3.89 Å². The zero-order valence-corrected chi connectivity index (χ0v) is 8.02. The summed E-state index contributed by atoms with van der Waals surface area (Å²) in [7, 11) is 1.91. The van der Waals surface area contributed by atoms with Crippen LogP contribution in [0.3, 0.4) is 0 Å². The first kappa shape index (κ1) is 8.64. The Morgan fingerprint density at radius 2 is 1.38 bits per heavy atom. The highest BCUT2D eigenvalue weighted by atomic mass is 127. The zero-order chi connectivity index (χ0) is 7.00. The van der Waals surface area contributed by atoms with Gasteiger partial charge < -0.3 is 0 Å². The van der Waals surface area contributed by atoms with E-state index in [2.05, 4.69) is 0 Å². The minimum absolute atomic E-state index is 0.0203. The largest absolute Gasteiger partial charge is 0.350 e. The van der Waals surface area contributed by atoms with Crippen LogP contribution in [0.4, 0.5) is 0 Å². The summed E-state index contributed by atoms with van der Waals surface area (Å²) in [5.41, 5.74) is 0. The molecule has 0 heterocycles. The lowest BCUT2D eigenvalue weighted by Crippen LogP contribution is -2.36. The highest BCUT2D eigenvalue weighted by Crippen LogP contribution is 2.11. The molecule has 0 saturated heterocycles. The van der Waals surface area contributed by atoms with Gasteiger partial charge in [0, 0.05) is 0 Å². The lowest BCUT2D eigenvalue weighted by atomic mass is 11.0. The Balaban J connectivity index is 4.53. The fraction of sp³-hybridized carbons (Fsp3) is 1.00. The van der Waals surface area contributed by atoms with E-state index >= 15 is 0 Å². The van der Waals surface area contributed by atoms with Crippen LogP contribution >= 0.6 is 21.2 Å². The van der Waals surface area contributed by atoms with Crippen LogP contribution in [0.15, 0.2) is 0 Å². The van der Waals surface area contributed by atoms with Crippen LogP contribution in [0.2, 0.25) is 0 Å². The number of quaternary nitrogens is 1. The normalized spacial score (nSPS) is 14.0. The second-order valence-corrected chi connectivity index (χ2v) is 7.56. The molecule has 0 fully saturated rings. The van der Waals surface area contributed by atoms with Crippen LogP contribution in [0, 0.1) is 0 Å². The summed E-state index contributed by atoms with van der Waals surface area (Å²) < 4.78 is 21.2. The molecule has 0 aliphatic rings. The molecule has 0 saturated carbocycles. The molecule has 0 aliphatic heterocycles. The van der Waals surface area contributed by atoms with E-state index in [1.807, 2.05) is 0 Å². The van der Waals surface area contributed by atoms with Crippen molar-refractivity contribution in [2.75, 3.05) is 21.1 Å². The molecule has 0 aliphatic carbocycles. The summed E-state index contributed by atoms with van der Waals surface area (Å²) in [6, 6.07) is 0. The quantitative estimate of drug-likeness (QED) is 0.383. The second-order valence-electron chi connectivity index (χ2n) is 2.30. The minimum Gasteiger partial charge on any atom is -0.218 e. The molecule has 0 bridgehead atoms. The Hall–Kier alpha value is 0.640. The van der Waals surface area contributed by atoms with E-state index in [0.29, 0.717) is 0 Å². The van der Waals surface area contributed by atoms with Gasteiger partial charge in [0.15, 0.2) is 0 Å². The molecule has 0 aromatic heterocycles. The molecule has 5 heteroatoms. The van der Waals surface area contributed by atoms with Gasteiger partial charge in [0.25, 0.3) is 0 Å². The van der Waals surface area contributed by atoms with Crippen LogP contribution < -0.4 is 0 Å². The van der Waals surface area contributed by atoms with E-state index in [9.17, 15) is 8.42 Å². The number of hydrogen-bond donors (Lipinski definition) is 0. The van der Waals surface area contributed by atoms with Crippen molar-refractivity contribution in [1.29, 1.82) is 0 Å². The van der Waals surface area contributed by atoms with E-state index in [1.54, 1.807) is 21.1 Å². The summed E-state index contributed by atoms with van der Waals surface area (Å²) in [5, 5.41) is 0. The van der Waals surface area contributed by atoms with Gasteiger partial charge in [-0.1, -0.05) is 0 Å². The first-order valence-corrected chi connectivity index (χ1v) is 5.99. The zero-order valence-electron chi connectivity index (χ0n) is 5.05. The summed E-state index contributed by atoms with van der Waals surface area (Å²) in [5.74, 6) is 0. The van der Waals surface area contributed by atoms with Crippen molar-refractivity contribution in [3.63, 3.8) is 0 Å². The van der Waals surface area contributed by atoms with Gasteiger partial charge in [-0.05, 0) is 0 Å². The van der Waals surface area contributed by atoms with Crippen LogP contribution in [-0.4, -0.2) is 33.4 Å². The third-order valence-corrected chi connectivity index (χ3v) is 5.51. The van der Waals surface area contributed by atoms with Crippen molar-refractivity contribution in [3.8, 4) is 0 Å². The van der Waals surface area contributed by atoms with E-state index in [0.717, 1.165) is 0 Å². The Kier molecular flexibility index (Phi) is 2.28. The summed E-state index contributed by atoms with van der Waals surface area (Å²) in [6.45, 7) is 0. The van der Waals surface area contributed by atoms with Crippen LogP contribution in [0.1, 0.15) is 0 Å². The predicted octanol–water partition coefficient (Wildman–Crippen LogP) is 0.372. The van der Waals surface area contributed by atoms with Gasteiger partial charge in [0.1, 0.15) is 21.2 Å². The minimum atomic E-state index is -2.93. The SMILES string of the molecule is C[N+](C)(C)S(=O)(=O)I. The fourth-order valence-corrected chi connectivity index (χ4v) is 0. The van der Waals surface area contributed by atoms with Crippen LogP contribution in [-0.2, 0) is 7.19 Å². The van der Waals surface area contributed by atoms with E-state index in [1.165, 1.54) is 21.2 Å². The van der Waals surface area contributed by atoms with Gasteiger partial charge in [-0.3, -0.25) is 0 Å². The maximum Gasteiger partial charge on any atom is 0.350 e. The maximum absolute atomic E-state index is 10.6. The van der Waals surface area contributed by atoms with Crippen molar-refractivity contribution in [2.45, 2.75) is 0 Å². The van der Waals surface area contributed by atoms with Gasteiger partial charge in [0.05, 0.1) is 21.1 Å². The standard InChI is InChI=1S/C3H9INO2S/c1-5(2,3)8(4,6)7/h1-3H3/q+1. The van der Waals surface area contributed by atoms with E-state index < -0.39 is 7.19 Å². The Morgan fingerprint density at radius 1 is 1.25 bits per heavy atom. The highest BCUT2D eigenvalue weighted by Gasteiger charge is 2.22. The number of hydrogen-bond acceptors (Lipinski definition) is 2. The van der Waals surface area contributed by atoms with Crippen molar-refractivity contribution in [1.82, 2.24) is 0 Å². The monoisotopic (exact) mass is 250 g/mol. The first-order chi connectivity index (χ1) is 3.25. The molecule has 0 amide bonds. The Bertz CT molecular complexity index is 166. The van der Waals surface area contributed by atoms with Gasteiger partial charge in [-0.15, -0.1) is 0 Å². The Morgan fingerprint density at radius 3 is 1.38 bits per heavy atom. The van der Waals surface area contributed by atoms with Crippen molar-refractivity contribution in [2.24, 2.45) is 0 Å². The summed E-state index contributed by atoms with van der Waals surface area (Å²) in [6.07, 6.45) is 0. The molecule has 0 aromatic carbocycles. The second kappa shape index (κ2) is 2.11. The molecule has 0 radical (unpaired) electrons. The molecule has 0 rings (SSSR count). The molecule has 0 aromatic rings. The van der Waals surface area contributed by atoms with Crippen LogP contribution in [0.25, 0.3) is 0 Å². The maximum atomic E-state index is 10.6. The Labute approximate surface area is 61.9 Å². The van der Waals surface area contributed by atoms with Gasteiger partial charge in [-0.2, -0.15) is 8.42 Å². The molecule has 8 heavy (non-hydrogen) atoms. The van der Waals surface area contributed by atoms with Gasteiger partial charge >= 0.3 is 7.19 Å². The summed E-state index contributed by atoms with van der Waals surface area (Å²) in [4.78, 5) is 0. The molecule has 0 spiro atoms. The van der Waals surface area contributed by atoms with Crippen molar-refractivity contribution >= 4 is 28.4 Å². The predicted molar refractivity (Wildman–Crippen MR) is 41.0 cm³/mol. The average molecular weight is 250 g/mol. The van der Waals surface area contributed by atoms with Gasteiger partial charge in [-0.25, -0.2) is 3.89 Å². The smallest absolute Gasteiger partial charge is 0.218 e. The molecule has 0 atom stereocenters.